The molecule has 252 valence electrons. The summed E-state index contributed by atoms with van der Waals surface area (Å²) in [7, 11) is 3.65. The van der Waals surface area contributed by atoms with E-state index >= 15 is 0 Å². The van der Waals surface area contributed by atoms with Crippen molar-refractivity contribution in [2.75, 3.05) is 20.6 Å². The summed E-state index contributed by atoms with van der Waals surface area (Å²) < 4.78 is 5.70. The van der Waals surface area contributed by atoms with Gasteiger partial charge in [0.15, 0.2) is 6.10 Å². The predicted molar refractivity (Wildman–Crippen MR) is 171 cm³/mol. The quantitative estimate of drug-likeness (QED) is 0.272. The monoisotopic (exact) mass is 649 g/mol. The van der Waals surface area contributed by atoms with E-state index in [0.29, 0.717) is 30.7 Å². The van der Waals surface area contributed by atoms with Crippen LogP contribution in [0.25, 0.3) is 0 Å². The van der Waals surface area contributed by atoms with Crippen molar-refractivity contribution in [3.05, 3.63) is 16.1 Å². The van der Waals surface area contributed by atoms with E-state index in [9.17, 15) is 29.1 Å². The highest BCUT2D eigenvalue weighted by molar-refractivity contribution is 7.09. The summed E-state index contributed by atoms with van der Waals surface area (Å²) in [5.74, 6) is -2.56. The maximum absolute atomic E-state index is 13.9. The van der Waals surface area contributed by atoms with Crippen molar-refractivity contribution < 1.29 is 33.8 Å². The molecule has 45 heavy (non-hydrogen) atoms. The molecule has 3 rings (SSSR count). The molecule has 1 aliphatic heterocycles. The van der Waals surface area contributed by atoms with Gasteiger partial charge in [-0.05, 0) is 64.0 Å². The third kappa shape index (κ3) is 9.96. The van der Waals surface area contributed by atoms with Gasteiger partial charge in [0.1, 0.15) is 16.7 Å². The molecule has 4 atom stereocenters. The fourth-order valence-corrected chi connectivity index (χ4v) is 7.17. The molecule has 2 fully saturated rings. The molecule has 1 unspecified atom stereocenters. The first-order valence-corrected chi connectivity index (χ1v) is 17.0. The van der Waals surface area contributed by atoms with Gasteiger partial charge < -0.3 is 25.4 Å². The molecule has 0 aromatic carbocycles. The lowest BCUT2D eigenvalue weighted by atomic mass is 9.86. The van der Waals surface area contributed by atoms with E-state index in [4.69, 9.17) is 4.74 Å². The Hall–Kier alpha value is -3.06. The van der Waals surface area contributed by atoms with E-state index in [-0.39, 0.29) is 65.7 Å². The molecular formula is C32H51N5O7S. The number of nitrogens with one attached hydrogen (secondary N) is 2. The van der Waals surface area contributed by atoms with Crippen LogP contribution in [-0.4, -0.2) is 94.4 Å². The number of likely N-dealkylation sites (N-methyl/N-ethyl adjacent to an activating group) is 2. The van der Waals surface area contributed by atoms with Gasteiger partial charge in [-0.2, -0.15) is 0 Å². The second kappa shape index (κ2) is 16.5. The summed E-state index contributed by atoms with van der Waals surface area (Å²) >= 11 is 1.21. The number of hydrogen-bond acceptors (Lipinski definition) is 9. The molecule has 1 aromatic heterocycles. The highest BCUT2D eigenvalue weighted by Crippen LogP contribution is 2.31. The van der Waals surface area contributed by atoms with E-state index in [0.717, 1.165) is 25.8 Å². The van der Waals surface area contributed by atoms with Crippen LogP contribution in [0.4, 0.5) is 0 Å². The average molecular weight is 650 g/mol. The molecular weight excluding hydrogens is 598 g/mol. The van der Waals surface area contributed by atoms with Crippen LogP contribution in [0.1, 0.15) is 108 Å². The van der Waals surface area contributed by atoms with Crippen LogP contribution in [0.15, 0.2) is 5.38 Å². The Labute approximate surface area is 270 Å². The standard InChI is InChI=1S/C32H51N5O7S/c1-18(2)25(37(7)31(41)27(19(3)4)35-29(40)24-10-8-9-15-36(24)6)16-26(44-20(5)38)30-34-23(17-45-30)28(39)33-22-13-11-21(12-14-22)32(42)43/h17-19,21-22,24-27H,8-16H2,1-7H3,(H,33,39)(H,35,40)(H,42,43)/t21?,22?,24?,25-,26-,27+/m1/s1. The van der Waals surface area contributed by atoms with Crippen molar-refractivity contribution in [3.8, 4) is 0 Å². The average Bonchev–Trinajstić information content (AvgIpc) is 3.48. The van der Waals surface area contributed by atoms with Gasteiger partial charge in [0.05, 0.1) is 12.0 Å². The van der Waals surface area contributed by atoms with Gasteiger partial charge >= 0.3 is 11.9 Å². The number of nitrogens with zero attached hydrogens (tertiary/aromatic N) is 3. The molecule has 0 bridgehead atoms. The van der Waals surface area contributed by atoms with E-state index in [1.807, 2.05) is 39.6 Å². The number of aromatic nitrogens is 1. The highest BCUT2D eigenvalue weighted by Gasteiger charge is 2.37. The Morgan fingerprint density at radius 3 is 2.29 bits per heavy atom. The fraction of sp³-hybridized carbons (Fsp3) is 0.750. The van der Waals surface area contributed by atoms with Gasteiger partial charge in [0, 0.05) is 37.9 Å². The third-order valence-corrected chi connectivity index (χ3v) is 10.1. The number of ether oxygens (including phenoxy) is 1. The zero-order valence-electron chi connectivity index (χ0n) is 27.7. The lowest BCUT2D eigenvalue weighted by molar-refractivity contribution is -0.149. The van der Waals surface area contributed by atoms with E-state index in [2.05, 4.69) is 15.6 Å². The molecule has 0 radical (unpaired) electrons. The predicted octanol–water partition coefficient (Wildman–Crippen LogP) is 3.62. The lowest BCUT2D eigenvalue weighted by Gasteiger charge is -2.37. The normalized spacial score (nSPS) is 22.7. The Bertz CT molecular complexity index is 1200. The van der Waals surface area contributed by atoms with Gasteiger partial charge in [0.2, 0.25) is 11.8 Å². The molecule has 2 heterocycles. The van der Waals surface area contributed by atoms with Gasteiger partial charge in [-0.25, -0.2) is 4.98 Å². The van der Waals surface area contributed by atoms with Gasteiger partial charge in [-0.1, -0.05) is 34.1 Å². The molecule has 1 saturated heterocycles. The number of carboxylic acid groups (broad SMARTS) is 1. The summed E-state index contributed by atoms with van der Waals surface area (Å²) in [6, 6.07) is -1.46. The van der Waals surface area contributed by atoms with Crippen LogP contribution in [0, 0.1) is 17.8 Å². The summed E-state index contributed by atoms with van der Waals surface area (Å²) in [5.41, 5.74) is 0.202. The number of thiazole rings is 1. The molecule has 3 N–H and O–H groups in total. The first-order valence-electron chi connectivity index (χ1n) is 16.1. The number of likely N-dealkylation sites (tertiary alicyclic amines) is 1. The Morgan fingerprint density at radius 2 is 1.73 bits per heavy atom. The number of amides is 3. The summed E-state index contributed by atoms with van der Waals surface area (Å²) in [5, 5.41) is 17.3. The van der Waals surface area contributed by atoms with Gasteiger partial charge in [-0.15, -0.1) is 11.3 Å². The topological polar surface area (TPSA) is 158 Å². The van der Waals surface area contributed by atoms with Crippen molar-refractivity contribution >= 4 is 41.0 Å². The molecule has 0 spiro atoms. The molecule has 3 amide bonds. The Kier molecular flexibility index (Phi) is 13.3. The first-order chi connectivity index (χ1) is 21.2. The van der Waals surface area contributed by atoms with Crippen molar-refractivity contribution in [3.63, 3.8) is 0 Å². The maximum Gasteiger partial charge on any atom is 0.306 e. The minimum absolute atomic E-state index is 0.0198. The molecule has 1 aromatic rings. The Morgan fingerprint density at radius 1 is 1.07 bits per heavy atom. The Balaban J connectivity index is 1.72. The maximum atomic E-state index is 13.9. The minimum Gasteiger partial charge on any atom is -0.481 e. The number of carbonyl (C=O) groups is 5. The first kappa shape index (κ1) is 36.4. The van der Waals surface area contributed by atoms with Crippen LogP contribution in [-0.2, 0) is 23.9 Å². The van der Waals surface area contributed by atoms with Crippen molar-refractivity contribution in [1.29, 1.82) is 0 Å². The van der Waals surface area contributed by atoms with Crippen LogP contribution >= 0.6 is 11.3 Å². The smallest absolute Gasteiger partial charge is 0.306 e. The van der Waals surface area contributed by atoms with E-state index in [1.165, 1.54) is 18.3 Å². The molecule has 13 heteroatoms. The molecule has 1 aliphatic carbocycles. The van der Waals surface area contributed by atoms with Crippen LogP contribution in [0.3, 0.4) is 0 Å². The van der Waals surface area contributed by atoms with Gasteiger partial charge in [-0.3, -0.25) is 28.9 Å². The third-order valence-electron chi connectivity index (χ3n) is 9.12. The fourth-order valence-electron chi connectivity index (χ4n) is 6.33. The number of aliphatic carboxylic acids is 1. The van der Waals surface area contributed by atoms with Crippen LogP contribution in [0.5, 0.6) is 0 Å². The zero-order chi connectivity index (χ0) is 33.4. The SMILES string of the molecule is CC(=O)O[C@H](C[C@H](C(C)C)N(C)C(=O)[C@@H](NC(=O)C1CCCCN1C)C(C)C)c1nc(C(=O)NC2CCC(C(=O)O)CC2)cs1. The van der Waals surface area contributed by atoms with E-state index < -0.39 is 24.1 Å². The van der Waals surface area contributed by atoms with E-state index in [1.54, 1.807) is 17.3 Å². The summed E-state index contributed by atoms with van der Waals surface area (Å²) in [6.45, 7) is 9.95. The number of rotatable bonds is 13. The number of carbonyl (C=O) groups excluding carboxylic acids is 4. The number of esters is 1. The minimum atomic E-state index is -0.802. The summed E-state index contributed by atoms with van der Waals surface area (Å²) in [4.78, 5) is 71.7. The summed E-state index contributed by atoms with van der Waals surface area (Å²) in [6.07, 6.45) is 4.46. The van der Waals surface area contributed by atoms with Crippen molar-refractivity contribution in [1.82, 2.24) is 25.4 Å². The molecule has 2 aliphatic rings. The van der Waals surface area contributed by atoms with Crippen molar-refractivity contribution in [2.45, 2.75) is 116 Å². The largest absolute Gasteiger partial charge is 0.481 e. The number of carboxylic acids is 1. The van der Waals surface area contributed by atoms with Crippen molar-refractivity contribution in [2.24, 2.45) is 17.8 Å². The molecule has 1 saturated carbocycles. The highest BCUT2D eigenvalue weighted by atomic mass is 32.1. The number of piperidine rings is 1. The second-order valence-corrected chi connectivity index (χ2v) is 14.1. The van der Waals surface area contributed by atoms with Crippen LogP contribution in [0.2, 0.25) is 0 Å². The molecule has 12 nitrogen and oxygen atoms in total. The van der Waals surface area contributed by atoms with Crippen LogP contribution < -0.4 is 10.6 Å². The second-order valence-electron chi connectivity index (χ2n) is 13.2. The number of hydrogen-bond donors (Lipinski definition) is 3. The van der Waals surface area contributed by atoms with Gasteiger partial charge in [0.25, 0.3) is 5.91 Å². The zero-order valence-corrected chi connectivity index (χ0v) is 28.5. The lowest BCUT2D eigenvalue weighted by Crippen LogP contribution is -2.57.